The molecule has 2 aromatic rings. The van der Waals surface area contributed by atoms with Crippen LogP contribution in [0.2, 0.25) is 0 Å². The van der Waals surface area contributed by atoms with Crippen LogP contribution in [0.15, 0.2) is 48.5 Å². The molecule has 0 fully saturated rings. The van der Waals surface area contributed by atoms with Gasteiger partial charge in [0.05, 0.1) is 26.7 Å². The Hall–Kier alpha value is -3.16. The number of carbonyl (C=O) groups is 2. The molecule has 0 radical (unpaired) electrons. The maximum absolute atomic E-state index is 12.8. The lowest BCUT2D eigenvalue weighted by Gasteiger charge is -2.11. The van der Waals surface area contributed by atoms with Crippen molar-refractivity contribution in [2.24, 2.45) is 5.92 Å². The minimum atomic E-state index is -0.854. The van der Waals surface area contributed by atoms with Crippen molar-refractivity contribution in [3.05, 3.63) is 60.2 Å². The summed E-state index contributed by atoms with van der Waals surface area (Å²) in [5.74, 6) is -0.884. The maximum Gasteiger partial charge on any atom is 0.305 e. The van der Waals surface area contributed by atoms with Crippen LogP contribution in [-0.4, -0.2) is 37.4 Å². The highest BCUT2D eigenvalue weighted by Gasteiger charge is 2.10. The molecule has 0 bridgehead atoms. The van der Waals surface area contributed by atoms with Gasteiger partial charge in [-0.05, 0) is 30.7 Å². The van der Waals surface area contributed by atoms with Crippen molar-refractivity contribution < 1.29 is 37.7 Å². The van der Waals surface area contributed by atoms with E-state index in [1.54, 1.807) is 24.3 Å². The second-order valence-electron chi connectivity index (χ2n) is 6.46. The summed E-state index contributed by atoms with van der Waals surface area (Å²) in [6.45, 7) is 2.52. The average molecular weight is 424 g/mol. The normalized spacial score (nSPS) is 10.9. The van der Waals surface area contributed by atoms with Crippen molar-refractivity contribution in [1.82, 2.24) is 0 Å². The van der Waals surface area contributed by atoms with Crippen molar-refractivity contribution in [3.63, 3.8) is 0 Å². The van der Waals surface area contributed by atoms with Crippen molar-refractivity contribution >= 4 is 11.9 Å². The van der Waals surface area contributed by atoms with Crippen LogP contribution in [0.4, 0.5) is 8.78 Å². The van der Waals surface area contributed by atoms with E-state index in [1.165, 1.54) is 31.4 Å². The number of methoxy groups -OCH3 is 1. The lowest BCUT2D eigenvalue weighted by atomic mass is 10.1. The minimum Gasteiger partial charge on any atom is -0.493 e. The van der Waals surface area contributed by atoms with Crippen LogP contribution in [0, 0.1) is 17.6 Å². The fourth-order valence-electron chi connectivity index (χ4n) is 2.19. The highest BCUT2D eigenvalue weighted by molar-refractivity contribution is 5.69. The molecule has 2 aromatic carbocycles. The fourth-order valence-corrected chi connectivity index (χ4v) is 2.19. The van der Waals surface area contributed by atoms with E-state index in [-0.39, 0.29) is 36.5 Å². The molecule has 6 nitrogen and oxygen atoms in total. The summed E-state index contributed by atoms with van der Waals surface area (Å²) in [7, 11) is 1.35. The van der Waals surface area contributed by atoms with Gasteiger partial charge in [-0.2, -0.15) is 0 Å². The SMILES string of the molecule is COC(=O)CC(C)COc1cccc(F)c1.O=C(O)CCCOc1cccc(F)c1. The number of benzene rings is 2. The molecular weight excluding hydrogens is 398 g/mol. The summed E-state index contributed by atoms with van der Waals surface area (Å²) < 4.78 is 40.5. The first-order valence-corrected chi connectivity index (χ1v) is 9.35. The van der Waals surface area contributed by atoms with Crippen LogP contribution in [0.1, 0.15) is 26.2 Å². The second kappa shape index (κ2) is 13.9. The number of halogens is 2. The summed E-state index contributed by atoms with van der Waals surface area (Å²) in [6, 6.07) is 11.7. The van der Waals surface area contributed by atoms with Gasteiger partial charge in [-0.1, -0.05) is 19.1 Å². The molecule has 0 saturated heterocycles. The van der Waals surface area contributed by atoms with Gasteiger partial charge in [0.15, 0.2) is 0 Å². The highest BCUT2D eigenvalue weighted by atomic mass is 19.1. The zero-order valence-electron chi connectivity index (χ0n) is 17.0. The quantitative estimate of drug-likeness (QED) is 0.448. The molecule has 0 saturated carbocycles. The topological polar surface area (TPSA) is 82.1 Å². The molecule has 0 aromatic heterocycles. The summed E-state index contributed by atoms with van der Waals surface area (Å²) in [5.41, 5.74) is 0. The first kappa shape index (κ1) is 24.9. The smallest absolute Gasteiger partial charge is 0.305 e. The first-order chi connectivity index (χ1) is 14.3. The average Bonchev–Trinajstić information content (AvgIpc) is 2.70. The predicted molar refractivity (Wildman–Crippen MR) is 106 cm³/mol. The Bertz CT molecular complexity index is 797. The molecule has 30 heavy (non-hydrogen) atoms. The van der Waals surface area contributed by atoms with Gasteiger partial charge in [-0.25, -0.2) is 8.78 Å². The third kappa shape index (κ3) is 11.6. The molecule has 0 heterocycles. The zero-order valence-corrected chi connectivity index (χ0v) is 17.0. The van der Waals surface area contributed by atoms with E-state index < -0.39 is 5.97 Å². The summed E-state index contributed by atoms with van der Waals surface area (Å²) >= 11 is 0. The Kier molecular flexibility index (Phi) is 11.5. The molecule has 2 rings (SSSR count). The molecule has 0 amide bonds. The van der Waals surface area contributed by atoms with Gasteiger partial charge in [0.2, 0.25) is 0 Å². The van der Waals surface area contributed by atoms with Gasteiger partial charge in [-0.3, -0.25) is 9.59 Å². The predicted octanol–water partition coefficient (Wildman–Crippen LogP) is 4.47. The van der Waals surface area contributed by atoms with E-state index in [9.17, 15) is 18.4 Å². The van der Waals surface area contributed by atoms with Gasteiger partial charge in [0, 0.05) is 24.5 Å². The molecule has 1 atom stereocenters. The Morgan fingerprint density at radius 3 is 2.07 bits per heavy atom. The Balaban J connectivity index is 0.000000303. The van der Waals surface area contributed by atoms with E-state index in [0.717, 1.165) is 0 Å². The van der Waals surface area contributed by atoms with Crippen LogP contribution in [0.5, 0.6) is 11.5 Å². The molecule has 1 N–H and O–H groups in total. The molecule has 164 valence electrons. The van der Waals surface area contributed by atoms with Crippen molar-refractivity contribution in [2.45, 2.75) is 26.2 Å². The number of carboxylic acid groups (broad SMARTS) is 1. The third-order valence-electron chi connectivity index (χ3n) is 3.67. The van der Waals surface area contributed by atoms with Crippen LogP contribution >= 0.6 is 0 Å². The molecule has 0 spiro atoms. The summed E-state index contributed by atoms with van der Waals surface area (Å²) in [6.07, 6.45) is 0.785. The molecule has 0 aliphatic heterocycles. The number of carbonyl (C=O) groups excluding carboxylic acids is 1. The van der Waals surface area contributed by atoms with E-state index in [2.05, 4.69) is 4.74 Å². The first-order valence-electron chi connectivity index (χ1n) is 9.35. The zero-order chi connectivity index (χ0) is 22.4. The van der Waals surface area contributed by atoms with Gasteiger partial charge in [0.1, 0.15) is 23.1 Å². The van der Waals surface area contributed by atoms with Crippen LogP contribution < -0.4 is 9.47 Å². The number of hydrogen-bond donors (Lipinski definition) is 1. The largest absolute Gasteiger partial charge is 0.493 e. The van der Waals surface area contributed by atoms with Crippen molar-refractivity contribution in [1.29, 1.82) is 0 Å². The summed E-state index contributed by atoms with van der Waals surface area (Å²) in [4.78, 5) is 21.1. The maximum atomic E-state index is 12.8. The van der Waals surface area contributed by atoms with Crippen LogP contribution in [0.25, 0.3) is 0 Å². The van der Waals surface area contributed by atoms with Gasteiger partial charge >= 0.3 is 11.9 Å². The number of aliphatic carboxylic acids is 1. The second-order valence-corrected chi connectivity index (χ2v) is 6.46. The molecular formula is C22H26F2O6. The highest BCUT2D eigenvalue weighted by Crippen LogP contribution is 2.14. The fraction of sp³-hybridized carbons (Fsp3) is 0.364. The number of hydrogen-bond acceptors (Lipinski definition) is 5. The van der Waals surface area contributed by atoms with Gasteiger partial charge in [-0.15, -0.1) is 0 Å². The number of rotatable bonds is 10. The van der Waals surface area contributed by atoms with Crippen molar-refractivity contribution in [2.75, 3.05) is 20.3 Å². The monoisotopic (exact) mass is 424 g/mol. The van der Waals surface area contributed by atoms with E-state index in [0.29, 0.717) is 30.9 Å². The van der Waals surface area contributed by atoms with Crippen LogP contribution in [-0.2, 0) is 14.3 Å². The van der Waals surface area contributed by atoms with Crippen LogP contribution in [0.3, 0.4) is 0 Å². The lowest BCUT2D eigenvalue weighted by molar-refractivity contribution is -0.142. The number of ether oxygens (including phenoxy) is 3. The van der Waals surface area contributed by atoms with Gasteiger partial charge < -0.3 is 19.3 Å². The lowest BCUT2D eigenvalue weighted by Crippen LogP contribution is -2.14. The van der Waals surface area contributed by atoms with Crippen molar-refractivity contribution in [3.8, 4) is 11.5 Å². The standard InChI is InChI=1S/C12H15FO3.C10H11FO3/c1-9(6-12(14)15-2)8-16-11-5-3-4-10(13)7-11;11-8-3-1-4-9(7-8)14-6-2-5-10(12)13/h3-5,7,9H,6,8H2,1-2H3;1,3-4,7H,2,5-6H2,(H,12,13). The Morgan fingerprint density at radius 2 is 1.57 bits per heavy atom. The molecule has 0 aliphatic rings. The Labute approximate surface area is 174 Å². The van der Waals surface area contributed by atoms with E-state index >= 15 is 0 Å². The number of esters is 1. The molecule has 0 aliphatic carbocycles. The molecule has 8 heteroatoms. The minimum absolute atomic E-state index is 0.0377. The molecule has 1 unspecified atom stereocenters. The van der Waals surface area contributed by atoms with E-state index in [1.807, 2.05) is 6.92 Å². The number of carboxylic acids is 1. The third-order valence-corrected chi connectivity index (χ3v) is 3.67. The Morgan fingerprint density at radius 1 is 1.00 bits per heavy atom. The van der Waals surface area contributed by atoms with Gasteiger partial charge in [0.25, 0.3) is 0 Å². The van der Waals surface area contributed by atoms with E-state index in [4.69, 9.17) is 14.6 Å². The summed E-state index contributed by atoms with van der Waals surface area (Å²) in [5, 5.41) is 8.34.